The normalized spacial score (nSPS) is 20.9. The lowest BCUT2D eigenvalue weighted by atomic mass is 10.2. The van der Waals surface area contributed by atoms with Gasteiger partial charge in [-0.2, -0.15) is 11.8 Å². The quantitative estimate of drug-likeness (QED) is 0.723. The maximum absolute atomic E-state index is 12.2. The van der Waals surface area contributed by atoms with Crippen molar-refractivity contribution in [2.75, 3.05) is 18.1 Å². The second-order valence-electron chi connectivity index (χ2n) is 3.76. The third kappa shape index (κ3) is 2.33. The van der Waals surface area contributed by atoms with Crippen molar-refractivity contribution in [3.8, 4) is 0 Å². The predicted molar refractivity (Wildman–Crippen MR) is 67.1 cm³/mol. The van der Waals surface area contributed by atoms with Gasteiger partial charge in [0, 0.05) is 30.3 Å². The molecule has 0 spiro atoms. The molecule has 0 saturated carbocycles. The Kier molecular flexibility index (Phi) is 3.71. The molecule has 1 aliphatic rings. The zero-order valence-corrected chi connectivity index (χ0v) is 10.6. The fourth-order valence-corrected chi connectivity index (χ4v) is 2.94. The highest BCUT2D eigenvalue weighted by Crippen LogP contribution is 2.21. The first kappa shape index (κ1) is 11.7. The molecule has 1 aliphatic heterocycles. The van der Waals surface area contributed by atoms with Crippen LogP contribution in [0.5, 0.6) is 0 Å². The molecule has 1 saturated heterocycles. The maximum atomic E-state index is 12.2. The first-order chi connectivity index (χ1) is 7.70. The Morgan fingerprint density at radius 2 is 2.50 bits per heavy atom. The standard InChI is InChI=1S/C11H13ClN2OS/c1-8-7-16-6-5-14(8)11(15)9-3-2-4-13-10(9)12/h2-4,8H,5-7H2,1H3. The van der Waals surface area contributed by atoms with E-state index < -0.39 is 0 Å². The van der Waals surface area contributed by atoms with Crippen LogP contribution in [0.2, 0.25) is 5.15 Å². The molecule has 1 aromatic heterocycles. The molecule has 1 aromatic rings. The van der Waals surface area contributed by atoms with Crippen LogP contribution >= 0.6 is 23.4 Å². The zero-order valence-electron chi connectivity index (χ0n) is 9.02. The van der Waals surface area contributed by atoms with Crippen LogP contribution in [0, 0.1) is 0 Å². The number of halogens is 1. The average molecular weight is 257 g/mol. The molecule has 0 aromatic carbocycles. The SMILES string of the molecule is CC1CSCCN1C(=O)c1cccnc1Cl. The number of hydrogen-bond acceptors (Lipinski definition) is 3. The van der Waals surface area contributed by atoms with E-state index >= 15 is 0 Å². The van der Waals surface area contributed by atoms with Crippen molar-refractivity contribution in [3.05, 3.63) is 29.0 Å². The second kappa shape index (κ2) is 5.06. The van der Waals surface area contributed by atoms with Crippen molar-refractivity contribution >= 4 is 29.3 Å². The van der Waals surface area contributed by atoms with Gasteiger partial charge in [0.25, 0.3) is 5.91 Å². The third-order valence-corrected chi connectivity index (χ3v) is 4.11. The molecule has 2 rings (SSSR count). The Hall–Kier alpha value is -0.740. The molecule has 0 aliphatic carbocycles. The third-order valence-electron chi connectivity index (χ3n) is 2.62. The molecule has 1 unspecified atom stereocenters. The minimum atomic E-state index is -0.00843. The molecule has 1 atom stereocenters. The smallest absolute Gasteiger partial charge is 0.257 e. The van der Waals surface area contributed by atoms with E-state index in [1.165, 1.54) is 0 Å². The van der Waals surface area contributed by atoms with Gasteiger partial charge in [-0.15, -0.1) is 0 Å². The number of thioether (sulfide) groups is 1. The fourth-order valence-electron chi connectivity index (χ4n) is 1.73. The van der Waals surface area contributed by atoms with Gasteiger partial charge in [-0.3, -0.25) is 4.79 Å². The zero-order chi connectivity index (χ0) is 11.5. The summed E-state index contributed by atoms with van der Waals surface area (Å²) in [6.07, 6.45) is 1.59. The highest BCUT2D eigenvalue weighted by atomic mass is 35.5. The Morgan fingerprint density at radius 1 is 1.69 bits per heavy atom. The van der Waals surface area contributed by atoms with E-state index in [1.807, 2.05) is 16.7 Å². The first-order valence-corrected chi connectivity index (χ1v) is 6.72. The topological polar surface area (TPSA) is 33.2 Å². The summed E-state index contributed by atoms with van der Waals surface area (Å²) in [5.41, 5.74) is 0.503. The van der Waals surface area contributed by atoms with Crippen LogP contribution < -0.4 is 0 Å². The van der Waals surface area contributed by atoms with Crippen molar-refractivity contribution in [2.45, 2.75) is 13.0 Å². The summed E-state index contributed by atoms with van der Waals surface area (Å²) >= 11 is 7.80. The van der Waals surface area contributed by atoms with Gasteiger partial charge in [-0.25, -0.2) is 4.98 Å². The number of amides is 1. The molecular formula is C11H13ClN2OS. The molecule has 1 amide bonds. The van der Waals surface area contributed by atoms with Crippen molar-refractivity contribution in [3.63, 3.8) is 0 Å². The van der Waals surface area contributed by atoms with Gasteiger partial charge >= 0.3 is 0 Å². The molecule has 0 bridgehead atoms. The Bertz CT molecular complexity index is 399. The highest BCUT2D eigenvalue weighted by Gasteiger charge is 2.25. The maximum Gasteiger partial charge on any atom is 0.257 e. The van der Waals surface area contributed by atoms with Crippen LogP contribution in [0.4, 0.5) is 0 Å². The van der Waals surface area contributed by atoms with Gasteiger partial charge in [0.15, 0.2) is 0 Å². The van der Waals surface area contributed by atoms with Crippen LogP contribution in [0.15, 0.2) is 18.3 Å². The van der Waals surface area contributed by atoms with E-state index in [9.17, 15) is 4.79 Å². The summed E-state index contributed by atoms with van der Waals surface area (Å²) in [5, 5.41) is 0.290. The van der Waals surface area contributed by atoms with Gasteiger partial charge in [0.2, 0.25) is 0 Å². The van der Waals surface area contributed by atoms with Crippen LogP contribution in [0.3, 0.4) is 0 Å². The Morgan fingerprint density at radius 3 is 3.19 bits per heavy atom. The molecule has 16 heavy (non-hydrogen) atoms. The summed E-state index contributed by atoms with van der Waals surface area (Å²) < 4.78 is 0. The van der Waals surface area contributed by atoms with E-state index in [2.05, 4.69) is 11.9 Å². The molecule has 86 valence electrons. The number of carbonyl (C=O) groups is 1. The van der Waals surface area contributed by atoms with Crippen molar-refractivity contribution in [1.29, 1.82) is 0 Å². The van der Waals surface area contributed by atoms with E-state index in [0.717, 1.165) is 18.1 Å². The minimum absolute atomic E-state index is 0.00843. The molecule has 0 N–H and O–H groups in total. The van der Waals surface area contributed by atoms with Gasteiger partial charge in [-0.1, -0.05) is 11.6 Å². The summed E-state index contributed by atoms with van der Waals surface area (Å²) in [6.45, 7) is 2.85. The summed E-state index contributed by atoms with van der Waals surface area (Å²) in [4.78, 5) is 18.0. The summed E-state index contributed by atoms with van der Waals surface area (Å²) in [7, 11) is 0. The van der Waals surface area contributed by atoms with Crippen molar-refractivity contribution in [1.82, 2.24) is 9.88 Å². The summed E-state index contributed by atoms with van der Waals surface area (Å²) in [6, 6.07) is 3.73. The molecule has 5 heteroatoms. The summed E-state index contributed by atoms with van der Waals surface area (Å²) in [5.74, 6) is 1.98. The monoisotopic (exact) mass is 256 g/mol. The molecule has 1 fully saturated rings. The van der Waals surface area contributed by atoms with E-state index in [0.29, 0.717) is 5.56 Å². The van der Waals surface area contributed by atoms with Crippen LogP contribution in [0.25, 0.3) is 0 Å². The highest BCUT2D eigenvalue weighted by molar-refractivity contribution is 7.99. The van der Waals surface area contributed by atoms with E-state index in [4.69, 9.17) is 11.6 Å². The number of aromatic nitrogens is 1. The lowest BCUT2D eigenvalue weighted by molar-refractivity contribution is 0.0716. The molecular weight excluding hydrogens is 244 g/mol. The van der Waals surface area contributed by atoms with Gasteiger partial charge < -0.3 is 4.90 Å². The van der Waals surface area contributed by atoms with Crippen molar-refractivity contribution < 1.29 is 4.79 Å². The van der Waals surface area contributed by atoms with Crippen LogP contribution in [-0.2, 0) is 0 Å². The number of nitrogens with zero attached hydrogens (tertiary/aromatic N) is 2. The van der Waals surface area contributed by atoms with Crippen LogP contribution in [0.1, 0.15) is 17.3 Å². The van der Waals surface area contributed by atoms with E-state index in [-0.39, 0.29) is 17.1 Å². The fraction of sp³-hybridized carbons (Fsp3) is 0.455. The van der Waals surface area contributed by atoms with Gasteiger partial charge in [-0.05, 0) is 19.1 Å². The first-order valence-electron chi connectivity index (χ1n) is 5.19. The number of pyridine rings is 1. The molecule has 2 heterocycles. The largest absolute Gasteiger partial charge is 0.334 e. The van der Waals surface area contributed by atoms with Crippen molar-refractivity contribution in [2.24, 2.45) is 0 Å². The number of hydrogen-bond donors (Lipinski definition) is 0. The Balaban J connectivity index is 2.21. The Labute approximate surface area is 104 Å². The lowest BCUT2D eigenvalue weighted by Crippen LogP contribution is -2.44. The lowest BCUT2D eigenvalue weighted by Gasteiger charge is -2.33. The van der Waals surface area contributed by atoms with Gasteiger partial charge in [0.05, 0.1) is 5.56 Å². The average Bonchev–Trinajstić information content (AvgIpc) is 2.29. The predicted octanol–water partition coefficient (Wildman–Crippen LogP) is 2.31. The van der Waals surface area contributed by atoms with Gasteiger partial charge in [0.1, 0.15) is 5.15 Å². The molecule has 3 nitrogen and oxygen atoms in total. The van der Waals surface area contributed by atoms with E-state index in [1.54, 1.807) is 18.3 Å². The second-order valence-corrected chi connectivity index (χ2v) is 5.27. The molecule has 0 radical (unpaired) electrons. The number of carbonyl (C=O) groups excluding carboxylic acids is 1. The minimum Gasteiger partial charge on any atom is -0.334 e. The number of rotatable bonds is 1. The van der Waals surface area contributed by atoms with Crippen LogP contribution in [-0.4, -0.2) is 39.9 Å².